The first-order chi connectivity index (χ1) is 11.5. The number of nitrogens with one attached hydrogen (secondary N) is 3. The summed E-state index contributed by atoms with van der Waals surface area (Å²) in [7, 11) is 1.39. The van der Waals surface area contributed by atoms with Crippen molar-refractivity contribution < 1.29 is 18.3 Å². The molecule has 10 heteroatoms. The third-order valence-corrected chi connectivity index (χ3v) is 3.94. The fourth-order valence-electron chi connectivity index (χ4n) is 2.69. The quantitative estimate of drug-likeness (QED) is 0.797. The van der Waals surface area contributed by atoms with Crippen molar-refractivity contribution in [1.82, 2.24) is 20.0 Å². The molecule has 0 saturated carbocycles. The van der Waals surface area contributed by atoms with Crippen LogP contribution in [-0.2, 0) is 11.8 Å². The van der Waals surface area contributed by atoms with Gasteiger partial charge in [0, 0.05) is 37.9 Å². The average Bonchev–Trinajstić information content (AvgIpc) is 3.15. The van der Waals surface area contributed by atoms with E-state index >= 15 is 0 Å². The highest BCUT2D eigenvalue weighted by Gasteiger charge is 2.21. The first-order valence-corrected chi connectivity index (χ1v) is 7.55. The number of hydrogen-bond acceptors (Lipinski definition) is 4. The van der Waals surface area contributed by atoms with Gasteiger partial charge in [0.2, 0.25) is 0 Å². The summed E-state index contributed by atoms with van der Waals surface area (Å²) in [5.41, 5.74) is 0.531. The minimum atomic E-state index is -2.74. The molecule has 1 aliphatic heterocycles. The Morgan fingerprint density at radius 1 is 1.42 bits per heavy atom. The number of hydrogen-bond donors (Lipinski definition) is 3. The summed E-state index contributed by atoms with van der Waals surface area (Å²) in [5, 5.41) is 15.5. The Hall–Kier alpha value is -2.49. The van der Waals surface area contributed by atoms with Gasteiger partial charge in [-0.25, -0.2) is 13.6 Å². The van der Waals surface area contributed by atoms with Crippen molar-refractivity contribution >= 4 is 17.5 Å². The Kier molecular flexibility index (Phi) is 4.74. The van der Waals surface area contributed by atoms with E-state index in [0.29, 0.717) is 24.9 Å². The van der Waals surface area contributed by atoms with E-state index in [0.717, 1.165) is 23.2 Å². The molecular weight excluding hydrogens is 322 g/mol. The predicted octanol–water partition coefficient (Wildman–Crippen LogP) is 2.62. The second-order valence-electron chi connectivity index (χ2n) is 5.54. The smallest absolute Gasteiger partial charge is 0.324 e. The van der Waals surface area contributed by atoms with Crippen molar-refractivity contribution in [2.75, 3.05) is 23.8 Å². The summed E-state index contributed by atoms with van der Waals surface area (Å²) in [6.45, 7) is 1.40. The molecule has 0 aromatic carbocycles. The molecule has 8 nitrogen and oxygen atoms in total. The molecule has 0 unspecified atom stereocenters. The number of carbonyl (C=O) groups excluding carboxylic acids is 1. The number of aromatic nitrogens is 4. The molecule has 1 fully saturated rings. The summed E-state index contributed by atoms with van der Waals surface area (Å²) < 4.78 is 32.2. The van der Waals surface area contributed by atoms with Gasteiger partial charge in [-0.2, -0.15) is 10.2 Å². The maximum Gasteiger partial charge on any atom is 0.324 e. The van der Waals surface area contributed by atoms with Crippen molar-refractivity contribution in [3.63, 3.8) is 0 Å². The standard InChI is InChI=1S/C14H18F2N6O2/c1-22-12(13(15)16)10(7-17-22)18-14(23)19-11-6-9(20-21-11)8-2-4-24-5-3-8/h6-8,13H,2-5H2,1H3,(H3,18,19,20,21,23). The van der Waals surface area contributed by atoms with Crippen LogP contribution in [0.1, 0.15) is 36.6 Å². The van der Waals surface area contributed by atoms with Crippen LogP contribution < -0.4 is 10.6 Å². The third kappa shape index (κ3) is 3.53. The number of H-pyrrole nitrogens is 1. The fourth-order valence-corrected chi connectivity index (χ4v) is 2.69. The number of carbonyl (C=O) groups is 1. The average molecular weight is 340 g/mol. The lowest BCUT2D eigenvalue weighted by atomic mass is 9.97. The minimum Gasteiger partial charge on any atom is -0.381 e. The maximum atomic E-state index is 12.9. The monoisotopic (exact) mass is 340 g/mol. The van der Waals surface area contributed by atoms with E-state index in [9.17, 15) is 13.6 Å². The number of alkyl halides is 2. The Labute approximate surface area is 136 Å². The van der Waals surface area contributed by atoms with Gasteiger partial charge < -0.3 is 10.1 Å². The number of rotatable bonds is 4. The van der Waals surface area contributed by atoms with Crippen LogP contribution in [0.5, 0.6) is 0 Å². The zero-order chi connectivity index (χ0) is 17.1. The lowest BCUT2D eigenvalue weighted by Gasteiger charge is -2.20. The molecule has 3 heterocycles. The molecule has 2 aromatic heterocycles. The van der Waals surface area contributed by atoms with Crippen molar-refractivity contribution in [2.24, 2.45) is 7.05 Å². The van der Waals surface area contributed by atoms with E-state index in [-0.39, 0.29) is 11.4 Å². The number of ether oxygens (including phenoxy) is 1. The Morgan fingerprint density at radius 3 is 2.88 bits per heavy atom. The Morgan fingerprint density at radius 2 is 2.17 bits per heavy atom. The molecule has 3 rings (SSSR count). The van der Waals surface area contributed by atoms with Gasteiger partial charge in [0.15, 0.2) is 5.82 Å². The number of halogens is 2. The van der Waals surface area contributed by atoms with E-state index in [2.05, 4.69) is 25.9 Å². The molecule has 0 radical (unpaired) electrons. The van der Waals surface area contributed by atoms with Crippen LogP contribution in [0.15, 0.2) is 12.3 Å². The van der Waals surface area contributed by atoms with Gasteiger partial charge in [-0.05, 0) is 12.8 Å². The van der Waals surface area contributed by atoms with Crippen LogP contribution in [0.4, 0.5) is 25.1 Å². The van der Waals surface area contributed by atoms with Crippen molar-refractivity contribution in [3.05, 3.63) is 23.7 Å². The lowest BCUT2D eigenvalue weighted by molar-refractivity contribution is 0.0845. The van der Waals surface area contributed by atoms with Crippen LogP contribution in [0.25, 0.3) is 0 Å². The number of anilines is 2. The van der Waals surface area contributed by atoms with E-state index < -0.39 is 12.5 Å². The van der Waals surface area contributed by atoms with Crippen LogP contribution >= 0.6 is 0 Å². The predicted molar refractivity (Wildman–Crippen MR) is 82.2 cm³/mol. The van der Waals surface area contributed by atoms with Gasteiger partial charge in [-0.3, -0.25) is 15.1 Å². The number of urea groups is 1. The normalized spacial score (nSPS) is 15.7. The maximum absolute atomic E-state index is 12.9. The zero-order valence-electron chi connectivity index (χ0n) is 13.1. The van der Waals surface area contributed by atoms with E-state index in [1.807, 2.05) is 0 Å². The summed E-state index contributed by atoms with van der Waals surface area (Å²) in [6.07, 6.45) is 0.222. The van der Waals surface area contributed by atoms with Crippen LogP contribution in [-0.4, -0.2) is 39.2 Å². The number of amides is 2. The van der Waals surface area contributed by atoms with E-state index in [4.69, 9.17) is 4.74 Å². The van der Waals surface area contributed by atoms with Gasteiger partial charge in [-0.1, -0.05) is 0 Å². The summed E-state index contributed by atoms with van der Waals surface area (Å²) >= 11 is 0. The van der Waals surface area contributed by atoms with Crippen molar-refractivity contribution in [1.29, 1.82) is 0 Å². The molecule has 1 aliphatic rings. The fraction of sp³-hybridized carbons (Fsp3) is 0.500. The molecule has 1 saturated heterocycles. The molecule has 0 spiro atoms. The number of aryl methyl sites for hydroxylation is 1. The molecular formula is C14H18F2N6O2. The molecule has 0 bridgehead atoms. The van der Waals surface area contributed by atoms with Gasteiger partial charge in [0.25, 0.3) is 6.43 Å². The first kappa shape index (κ1) is 16.4. The highest BCUT2D eigenvalue weighted by Crippen LogP contribution is 2.27. The lowest BCUT2D eigenvalue weighted by Crippen LogP contribution is -2.20. The number of aromatic amines is 1. The summed E-state index contributed by atoms with van der Waals surface area (Å²) in [5.74, 6) is 0.644. The highest BCUT2D eigenvalue weighted by atomic mass is 19.3. The van der Waals surface area contributed by atoms with Crippen molar-refractivity contribution in [3.8, 4) is 0 Å². The largest absolute Gasteiger partial charge is 0.381 e. The topological polar surface area (TPSA) is 96.9 Å². The van der Waals surface area contributed by atoms with Gasteiger partial charge in [-0.15, -0.1) is 0 Å². The van der Waals surface area contributed by atoms with Gasteiger partial charge in [0.1, 0.15) is 5.69 Å². The number of nitrogens with zero attached hydrogens (tertiary/aromatic N) is 3. The molecule has 2 amide bonds. The summed E-state index contributed by atoms with van der Waals surface area (Å²) in [4.78, 5) is 12.0. The zero-order valence-corrected chi connectivity index (χ0v) is 13.1. The molecule has 24 heavy (non-hydrogen) atoms. The molecule has 3 N–H and O–H groups in total. The van der Waals surface area contributed by atoms with Gasteiger partial charge in [0.05, 0.1) is 11.9 Å². The molecule has 0 aliphatic carbocycles. The summed E-state index contributed by atoms with van der Waals surface area (Å²) in [6, 6.07) is 1.09. The highest BCUT2D eigenvalue weighted by molar-refractivity contribution is 5.99. The third-order valence-electron chi connectivity index (χ3n) is 3.94. The van der Waals surface area contributed by atoms with E-state index in [1.165, 1.54) is 13.2 Å². The first-order valence-electron chi connectivity index (χ1n) is 7.55. The van der Waals surface area contributed by atoms with Gasteiger partial charge >= 0.3 is 6.03 Å². The minimum absolute atomic E-state index is 0.0369. The van der Waals surface area contributed by atoms with Crippen LogP contribution in [0.2, 0.25) is 0 Å². The molecule has 2 aromatic rings. The second kappa shape index (κ2) is 6.95. The van der Waals surface area contributed by atoms with Crippen LogP contribution in [0.3, 0.4) is 0 Å². The second-order valence-corrected chi connectivity index (χ2v) is 5.54. The van der Waals surface area contributed by atoms with E-state index in [1.54, 1.807) is 6.07 Å². The Bertz CT molecular complexity index is 708. The van der Waals surface area contributed by atoms with Crippen molar-refractivity contribution in [2.45, 2.75) is 25.2 Å². The molecule has 0 atom stereocenters. The Balaban J connectivity index is 1.62. The molecule has 130 valence electrons. The van der Waals surface area contributed by atoms with Crippen LogP contribution in [0, 0.1) is 0 Å². The SMILES string of the molecule is Cn1ncc(NC(=O)Nc2cc(C3CCOCC3)[nH]n2)c1C(F)F.